The number of hydrogen-bond donors (Lipinski definition) is 0. The van der Waals surface area contributed by atoms with Crippen molar-refractivity contribution in [3.05, 3.63) is 0 Å². The number of carbonyl (C=O) groups excluding carboxylic acids is 1. The van der Waals surface area contributed by atoms with Crippen LogP contribution in [0.3, 0.4) is 0 Å². The summed E-state index contributed by atoms with van der Waals surface area (Å²) in [5.41, 5.74) is 0. The Morgan fingerprint density at radius 3 is 2.26 bits per heavy atom. The van der Waals surface area contributed by atoms with Gasteiger partial charge in [-0.3, -0.25) is 4.79 Å². The van der Waals surface area contributed by atoms with Crippen LogP contribution in [-0.2, 0) is 14.3 Å². The van der Waals surface area contributed by atoms with Gasteiger partial charge in [-0.25, -0.2) is 0 Å². The second kappa shape index (κ2) is 11.3. The molecule has 1 aliphatic heterocycles. The van der Waals surface area contributed by atoms with Crippen molar-refractivity contribution in [2.75, 3.05) is 13.7 Å². The molecule has 0 aromatic rings. The lowest BCUT2D eigenvalue weighted by atomic mass is 10.0. The molecule has 1 atom stereocenters. The normalized spacial score (nSPS) is 18.7. The van der Waals surface area contributed by atoms with Gasteiger partial charge in [-0.1, -0.05) is 44.9 Å². The molecule has 1 heterocycles. The Balaban J connectivity index is 1.72. The molecule has 0 saturated carbocycles. The molecule has 3 nitrogen and oxygen atoms in total. The van der Waals surface area contributed by atoms with Crippen molar-refractivity contribution in [1.82, 2.24) is 0 Å². The number of esters is 1. The Kier molecular flexibility index (Phi) is 9.78. The van der Waals surface area contributed by atoms with E-state index in [1.807, 2.05) is 0 Å². The third-order valence-corrected chi connectivity index (χ3v) is 3.91. The van der Waals surface area contributed by atoms with Crippen molar-refractivity contribution < 1.29 is 14.3 Å². The van der Waals surface area contributed by atoms with E-state index in [9.17, 15) is 4.79 Å². The minimum absolute atomic E-state index is 0.0749. The highest BCUT2D eigenvalue weighted by Gasteiger charge is 2.14. The zero-order valence-electron chi connectivity index (χ0n) is 12.5. The summed E-state index contributed by atoms with van der Waals surface area (Å²) in [6.45, 7) is 0.982. The van der Waals surface area contributed by atoms with Crippen molar-refractivity contribution >= 4 is 5.97 Å². The molecular weight excluding hydrogens is 240 g/mol. The predicted molar refractivity (Wildman–Crippen MR) is 77.2 cm³/mol. The molecule has 0 aromatic carbocycles. The second-order valence-electron chi connectivity index (χ2n) is 5.58. The van der Waals surface area contributed by atoms with Crippen LogP contribution in [0.25, 0.3) is 0 Å². The third-order valence-electron chi connectivity index (χ3n) is 3.91. The molecule has 0 radical (unpaired) electrons. The van der Waals surface area contributed by atoms with Crippen LogP contribution < -0.4 is 0 Å². The maximum Gasteiger partial charge on any atom is 0.305 e. The third kappa shape index (κ3) is 9.04. The summed E-state index contributed by atoms with van der Waals surface area (Å²) in [5.74, 6) is -0.0749. The lowest BCUT2D eigenvalue weighted by Crippen LogP contribution is -2.03. The monoisotopic (exact) mass is 270 g/mol. The van der Waals surface area contributed by atoms with Gasteiger partial charge in [0, 0.05) is 13.0 Å². The first-order chi connectivity index (χ1) is 9.33. The largest absolute Gasteiger partial charge is 0.469 e. The Bertz CT molecular complexity index is 222. The molecule has 1 unspecified atom stereocenters. The van der Waals surface area contributed by atoms with Crippen LogP contribution in [0.1, 0.15) is 77.0 Å². The molecule has 1 saturated heterocycles. The minimum Gasteiger partial charge on any atom is -0.469 e. The van der Waals surface area contributed by atoms with Crippen molar-refractivity contribution in [3.63, 3.8) is 0 Å². The summed E-state index contributed by atoms with van der Waals surface area (Å²) < 4.78 is 10.2. The fraction of sp³-hybridized carbons (Fsp3) is 0.938. The molecule has 112 valence electrons. The van der Waals surface area contributed by atoms with E-state index in [0.717, 1.165) is 19.4 Å². The van der Waals surface area contributed by atoms with Gasteiger partial charge in [-0.05, 0) is 25.7 Å². The quantitative estimate of drug-likeness (QED) is 0.416. The number of methoxy groups -OCH3 is 1. The number of hydrogen-bond acceptors (Lipinski definition) is 3. The molecule has 0 bridgehead atoms. The van der Waals surface area contributed by atoms with Gasteiger partial charge in [0.2, 0.25) is 0 Å². The number of unbranched alkanes of at least 4 members (excludes halogenated alkanes) is 7. The summed E-state index contributed by atoms with van der Waals surface area (Å²) in [7, 11) is 1.46. The van der Waals surface area contributed by atoms with Crippen molar-refractivity contribution in [1.29, 1.82) is 0 Å². The van der Waals surface area contributed by atoms with Gasteiger partial charge in [0.05, 0.1) is 13.2 Å². The average Bonchev–Trinajstić information content (AvgIpc) is 2.93. The van der Waals surface area contributed by atoms with E-state index in [1.165, 1.54) is 64.9 Å². The average molecular weight is 270 g/mol. The van der Waals surface area contributed by atoms with Crippen LogP contribution in [0.5, 0.6) is 0 Å². The topological polar surface area (TPSA) is 35.5 Å². The maximum absolute atomic E-state index is 10.9. The number of rotatable bonds is 11. The lowest BCUT2D eigenvalue weighted by Gasteiger charge is -2.08. The van der Waals surface area contributed by atoms with Crippen LogP contribution in [-0.4, -0.2) is 25.8 Å². The van der Waals surface area contributed by atoms with E-state index in [0.29, 0.717) is 12.5 Å². The maximum atomic E-state index is 10.9. The zero-order valence-corrected chi connectivity index (χ0v) is 12.5. The van der Waals surface area contributed by atoms with E-state index < -0.39 is 0 Å². The molecule has 1 fully saturated rings. The fourth-order valence-electron chi connectivity index (χ4n) is 2.68. The van der Waals surface area contributed by atoms with Gasteiger partial charge in [-0.2, -0.15) is 0 Å². The number of ether oxygens (including phenoxy) is 2. The molecular formula is C16H30O3. The second-order valence-corrected chi connectivity index (χ2v) is 5.58. The van der Waals surface area contributed by atoms with Crippen molar-refractivity contribution in [2.24, 2.45) is 0 Å². The van der Waals surface area contributed by atoms with Crippen LogP contribution in [0.4, 0.5) is 0 Å². The molecule has 19 heavy (non-hydrogen) atoms. The highest BCUT2D eigenvalue weighted by molar-refractivity contribution is 5.68. The Hall–Kier alpha value is -0.570. The molecule has 0 aliphatic carbocycles. The predicted octanol–water partition coefficient (Wildman–Crippen LogP) is 4.24. The lowest BCUT2D eigenvalue weighted by molar-refractivity contribution is -0.140. The molecule has 0 N–H and O–H groups in total. The van der Waals surface area contributed by atoms with Gasteiger partial charge in [-0.15, -0.1) is 0 Å². The van der Waals surface area contributed by atoms with Crippen LogP contribution >= 0.6 is 0 Å². The van der Waals surface area contributed by atoms with Gasteiger partial charge < -0.3 is 9.47 Å². The minimum atomic E-state index is -0.0749. The zero-order chi connectivity index (χ0) is 13.8. The number of carbonyl (C=O) groups is 1. The smallest absolute Gasteiger partial charge is 0.305 e. The molecule has 0 spiro atoms. The standard InChI is InChI=1S/C16H30O3/c1-18-16(17)13-9-7-5-3-2-4-6-8-11-15-12-10-14-19-15/h15H,2-14H2,1H3. The first kappa shape index (κ1) is 16.5. The molecule has 3 heteroatoms. The Labute approximate surface area is 118 Å². The Morgan fingerprint density at radius 1 is 1.05 bits per heavy atom. The summed E-state index contributed by atoms with van der Waals surface area (Å²) >= 11 is 0. The Morgan fingerprint density at radius 2 is 1.68 bits per heavy atom. The first-order valence-electron chi connectivity index (χ1n) is 8.01. The summed E-state index contributed by atoms with van der Waals surface area (Å²) in [4.78, 5) is 10.9. The van der Waals surface area contributed by atoms with E-state index in [2.05, 4.69) is 4.74 Å². The van der Waals surface area contributed by atoms with E-state index in [4.69, 9.17) is 4.74 Å². The van der Waals surface area contributed by atoms with Crippen LogP contribution in [0, 0.1) is 0 Å². The van der Waals surface area contributed by atoms with Gasteiger partial charge in [0.15, 0.2) is 0 Å². The van der Waals surface area contributed by atoms with Crippen LogP contribution in [0.2, 0.25) is 0 Å². The summed E-state index contributed by atoms with van der Waals surface area (Å²) in [6, 6.07) is 0. The fourth-order valence-corrected chi connectivity index (χ4v) is 2.68. The SMILES string of the molecule is COC(=O)CCCCCCCCCCC1CCCO1. The van der Waals surface area contributed by atoms with Gasteiger partial charge in [0.25, 0.3) is 0 Å². The van der Waals surface area contributed by atoms with E-state index in [1.54, 1.807) is 0 Å². The molecule has 1 aliphatic rings. The van der Waals surface area contributed by atoms with Gasteiger partial charge >= 0.3 is 5.97 Å². The van der Waals surface area contributed by atoms with E-state index in [-0.39, 0.29) is 5.97 Å². The van der Waals surface area contributed by atoms with Crippen molar-refractivity contribution in [3.8, 4) is 0 Å². The van der Waals surface area contributed by atoms with Crippen LogP contribution in [0.15, 0.2) is 0 Å². The molecule has 1 rings (SSSR count). The van der Waals surface area contributed by atoms with Gasteiger partial charge in [0.1, 0.15) is 0 Å². The highest BCUT2D eigenvalue weighted by atomic mass is 16.5. The molecule has 0 aromatic heterocycles. The highest BCUT2D eigenvalue weighted by Crippen LogP contribution is 2.19. The molecule has 0 amide bonds. The summed E-state index contributed by atoms with van der Waals surface area (Å²) in [5, 5.41) is 0. The first-order valence-corrected chi connectivity index (χ1v) is 8.01. The summed E-state index contributed by atoms with van der Waals surface area (Å²) in [6.07, 6.45) is 15.0. The van der Waals surface area contributed by atoms with Crippen molar-refractivity contribution in [2.45, 2.75) is 83.2 Å². The van der Waals surface area contributed by atoms with E-state index >= 15 is 0 Å².